The second-order valence-electron chi connectivity index (χ2n) is 4.24. The molecule has 1 aliphatic carbocycles. The zero-order chi connectivity index (χ0) is 10.8. The Labute approximate surface area is 93.9 Å². The molecule has 1 fully saturated rings. The predicted octanol–water partition coefficient (Wildman–Crippen LogP) is 2.31. The molecule has 0 saturated heterocycles. The molecule has 0 spiro atoms. The van der Waals surface area contributed by atoms with Gasteiger partial charge in [-0.15, -0.1) is 11.3 Å². The van der Waals surface area contributed by atoms with E-state index in [4.69, 9.17) is 0 Å². The van der Waals surface area contributed by atoms with Crippen LogP contribution in [0, 0.1) is 0 Å². The maximum absolute atomic E-state index is 11.4. The molecule has 1 heterocycles. The van der Waals surface area contributed by atoms with Crippen molar-refractivity contribution < 1.29 is 4.79 Å². The van der Waals surface area contributed by atoms with Crippen LogP contribution >= 0.6 is 11.3 Å². The summed E-state index contributed by atoms with van der Waals surface area (Å²) >= 11 is 1.77. The summed E-state index contributed by atoms with van der Waals surface area (Å²) in [5.74, 6) is 0.544. The van der Waals surface area contributed by atoms with Crippen molar-refractivity contribution in [2.45, 2.75) is 38.3 Å². The number of thiophene rings is 1. The highest BCUT2D eigenvalue weighted by Crippen LogP contribution is 2.42. The Hall–Kier alpha value is -1.03. The summed E-state index contributed by atoms with van der Waals surface area (Å²) in [5, 5.41) is 7.90. The van der Waals surface area contributed by atoms with Crippen molar-refractivity contribution in [2.75, 3.05) is 0 Å². The summed E-state index contributed by atoms with van der Waals surface area (Å²) in [6, 6.07) is 4.68. The van der Waals surface area contributed by atoms with E-state index < -0.39 is 0 Å². The highest BCUT2D eigenvalue weighted by Gasteiger charge is 2.40. The molecule has 3 nitrogen and oxygen atoms in total. The minimum atomic E-state index is -0.0472. The summed E-state index contributed by atoms with van der Waals surface area (Å²) in [5.41, 5.74) is 0. The molecule has 1 aromatic rings. The molecule has 2 atom stereocenters. The van der Waals surface area contributed by atoms with Crippen molar-refractivity contribution in [3.63, 3.8) is 0 Å². The quantitative estimate of drug-likeness (QED) is 0.812. The Morgan fingerprint density at radius 1 is 1.60 bits per heavy atom. The van der Waals surface area contributed by atoms with E-state index in [1.807, 2.05) is 13.8 Å². The maximum atomic E-state index is 11.4. The Bertz CT molecular complexity index is 334. The van der Waals surface area contributed by atoms with Crippen molar-refractivity contribution >= 4 is 17.4 Å². The van der Waals surface area contributed by atoms with Crippen molar-refractivity contribution in [1.29, 1.82) is 0 Å². The van der Waals surface area contributed by atoms with Crippen molar-refractivity contribution in [2.24, 2.45) is 0 Å². The van der Waals surface area contributed by atoms with Gasteiger partial charge in [-0.2, -0.15) is 0 Å². The summed E-state index contributed by atoms with van der Waals surface area (Å²) in [6.45, 7) is 3.92. The number of carbonyl (C=O) groups is 1. The van der Waals surface area contributed by atoms with Crippen LogP contribution in [0.2, 0.25) is 0 Å². The molecule has 1 aliphatic rings. The second kappa shape index (κ2) is 4.23. The van der Waals surface area contributed by atoms with Gasteiger partial charge in [-0.05, 0) is 31.7 Å². The Morgan fingerprint density at radius 3 is 3.00 bits per heavy atom. The number of hydrogen-bond acceptors (Lipinski definition) is 2. The maximum Gasteiger partial charge on any atom is 0.315 e. The molecule has 1 saturated carbocycles. The first kappa shape index (κ1) is 10.5. The minimum Gasteiger partial charge on any atom is -0.336 e. The zero-order valence-electron chi connectivity index (χ0n) is 8.99. The van der Waals surface area contributed by atoms with E-state index in [9.17, 15) is 4.79 Å². The summed E-state index contributed by atoms with van der Waals surface area (Å²) in [6.07, 6.45) is 1.08. The van der Waals surface area contributed by atoms with E-state index in [1.165, 1.54) is 4.88 Å². The third-order valence-electron chi connectivity index (χ3n) is 2.44. The van der Waals surface area contributed by atoms with Crippen LogP contribution < -0.4 is 10.6 Å². The van der Waals surface area contributed by atoms with Crippen molar-refractivity contribution in [3.8, 4) is 0 Å². The van der Waals surface area contributed by atoms with Gasteiger partial charge in [0.25, 0.3) is 0 Å². The number of hydrogen-bond donors (Lipinski definition) is 2. The third-order valence-corrected chi connectivity index (χ3v) is 3.44. The van der Waals surface area contributed by atoms with Gasteiger partial charge in [0, 0.05) is 22.9 Å². The van der Waals surface area contributed by atoms with Gasteiger partial charge in [-0.1, -0.05) is 6.07 Å². The average Bonchev–Trinajstić information content (AvgIpc) is 2.71. The first-order valence-electron chi connectivity index (χ1n) is 5.27. The lowest BCUT2D eigenvalue weighted by Crippen LogP contribution is -2.40. The van der Waals surface area contributed by atoms with E-state index >= 15 is 0 Å². The van der Waals surface area contributed by atoms with E-state index in [0.29, 0.717) is 12.0 Å². The molecule has 15 heavy (non-hydrogen) atoms. The highest BCUT2D eigenvalue weighted by atomic mass is 32.1. The van der Waals surface area contributed by atoms with Crippen molar-refractivity contribution in [1.82, 2.24) is 10.6 Å². The number of rotatable bonds is 3. The fraction of sp³-hybridized carbons (Fsp3) is 0.545. The molecular weight excluding hydrogens is 208 g/mol. The standard InChI is InChI=1S/C11H16N2OS/c1-7(2)12-11(14)13-9-6-8(9)10-4-3-5-15-10/h3-5,7-9H,6H2,1-2H3,(H2,12,13,14). The Kier molecular flexibility index (Phi) is 2.95. The molecule has 0 radical (unpaired) electrons. The molecule has 2 unspecified atom stereocenters. The lowest BCUT2D eigenvalue weighted by atomic mass is 10.3. The molecule has 0 bridgehead atoms. The molecule has 0 aliphatic heterocycles. The van der Waals surface area contributed by atoms with Gasteiger partial charge in [0.15, 0.2) is 0 Å². The van der Waals surface area contributed by atoms with Crippen molar-refractivity contribution in [3.05, 3.63) is 22.4 Å². The second-order valence-corrected chi connectivity index (χ2v) is 5.22. The lowest BCUT2D eigenvalue weighted by Gasteiger charge is -2.09. The van der Waals surface area contributed by atoms with Crippen LogP contribution in [0.1, 0.15) is 31.1 Å². The van der Waals surface area contributed by atoms with Gasteiger partial charge in [-0.3, -0.25) is 0 Å². The summed E-state index contributed by atoms with van der Waals surface area (Å²) < 4.78 is 0. The number of amides is 2. The molecule has 2 amide bonds. The first-order valence-corrected chi connectivity index (χ1v) is 6.15. The Balaban J connectivity index is 1.78. The van der Waals surface area contributed by atoms with Gasteiger partial charge in [0.05, 0.1) is 0 Å². The fourth-order valence-corrected chi connectivity index (χ4v) is 2.55. The smallest absolute Gasteiger partial charge is 0.315 e. The lowest BCUT2D eigenvalue weighted by molar-refractivity contribution is 0.238. The first-order chi connectivity index (χ1) is 7.16. The number of urea groups is 1. The molecule has 2 rings (SSSR count). The van der Waals surface area contributed by atoms with Gasteiger partial charge in [0.2, 0.25) is 0 Å². The van der Waals surface area contributed by atoms with Crippen LogP contribution in [0.4, 0.5) is 4.79 Å². The Morgan fingerprint density at radius 2 is 2.40 bits per heavy atom. The van der Waals surface area contributed by atoms with Gasteiger partial charge in [0.1, 0.15) is 0 Å². The van der Waals surface area contributed by atoms with Crippen LogP contribution in [0.25, 0.3) is 0 Å². The van der Waals surface area contributed by atoms with Crippen LogP contribution in [-0.4, -0.2) is 18.1 Å². The molecule has 2 N–H and O–H groups in total. The van der Waals surface area contributed by atoms with Crippen LogP contribution in [0.3, 0.4) is 0 Å². The van der Waals surface area contributed by atoms with Crippen LogP contribution in [0.5, 0.6) is 0 Å². The zero-order valence-corrected chi connectivity index (χ0v) is 9.80. The van der Waals surface area contributed by atoms with E-state index in [0.717, 1.165) is 6.42 Å². The SMILES string of the molecule is CC(C)NC(=O)NC1CC1c1cccs1. The van der Waals surface area contributed by atoms with Crippen LogP contribution in [0.15, 0.2) is 17.5 Å². The monoisotopic (exact) mass is 224 g/mol. The molecule has 4 heteroatoms. The molecule has 1 aromatic heterocycles. The van der Waals surface area contributed by atoms with E-state index in [1.54, 1.807) is 11.3 Å². The largest absolute Gasteiger partial charge is 0.336 e. The third kappa shape index (κ3) is 2.72. The number of carbonyl (C=O) groups excluding carboxylic acids is 1. The predicted molar refractivity (Wildman–Crippen MR) is 62.3 cm³/mol. The van der Waals surface area contributed by atoms with Gasteiger partial charge >= 0.3 is 6.03 Å². The average molecular weight is 224 g/mol. The molecule has 82 valence electrons. The minimum absolute atomic E-state index is 0.0472. The molecule has 0 aromatic carbocycles. The summed E-state index contributed by atoms with van der Waals surface area (Å²) in [7, 11) is 0. The fourth-order valence-electron chi connectivity index (χ4n) is 1.64. The normalized spacial score (nSPS) is 23.9. The summed E-state index contributed by atoms with van der Waals surface area (Å²) in [4.78, 5) is 12.8. The van der Waals surface area contributed by atoms with E-state index in [-0.39, 0.29) is 12.1 Å². The van der Waals surface area contributed by atoms with Gasteiger partial charge in [-0.25, -0.2) is 4.79 Å². The van der Waals surface area contributed by atoms with Gasteiger partial charge < -0.3 is 10.6 Å². The topological polar surface area (TPSA) is 41.1 Å². The molecular formula is C11H16N2OS. The van der Waals surface area contributed by atoms with E-state index in [2.05, 4.69) is 28.1 Å². The number of nitrogens with one attached hydrogen (secondary N) is 2. The highest BCUT2D eigenvalue weighted by molar-refractivity contribution is 7.10. The van der Waals surface area contributed by atoms with Crippen LogP contribution in [-0.2, 0) is 0 Å².